The molecule has 4 heteroatoms. The van der Waals surface area contributed by atoms with Gasteiger partial charge in [0.15, 0.2) is 0 Å². The summed E-state index contributed by atoms with van der Waals surface area (Å²) in [7, 11) is 0. The minimum absolute atomic E-state index is 0.0808. The largest absolute Gasteiger partial charge is 0.491 e. The van der Waals surface area contributed by atoms with Gasteiger partial charge in [-0.2, -0.15) is 0 Å². The second-order valence-electron chi connectivity index (χ2n) is 6.13. The second-order valence-corrected chi connectivity index (χ2v) is 6.13. The molecule has 0 aromatic heterocycles. The molecule has 0 bridgehead atoms. The molecular weight excluding hydrogens is 264 g/mol. The van der Waals surface area contributed by atoms with Gasteiger partial charge in [0.1, 0.15) is 5.75 Å². The van der Waals surface area contributed by atoms with Crippen LogP contribution in [0.4, 0.5) is 0 Å². The van der Waals surface area contributed by atoms with Crippen molar-refractivity contribution in [3.63, 3.8) is 0 Å². The van der Waals surface area contributed by atoms with E-state index >= 15 is 0 Å². The van der Waals surface area contributed by atoms with Crippen LogP contribution in [-0.2, 0) is 11.2 Å². The molecule has 1 heterocycles. The zero-order chi connectivity index (χ0) is 15.2. The van der Waals surface area contributed by atoms with Crippen LogP contribution in [0.15, 0.2) is 24.3 Å². The lowest BCUT2D eigenvalue weighted by Crippen LogP contribution is -2.50. The first-order valence-electron chi connectivity index (χ1n) is 7.80. The number of nitrogens with one attached hydrogen (secondary N) is 2. The molecule has 0 aliphatic carbocycles. The lowest BCUT2D eigenvalue weighted by molar-refractivity contribution is -0.121. The van der Waals surface area contributed by atoms with E-state index in [0.29, 0.717) is 12.3 Å². The molecule has 0 spiro atoms. The van der Waals surface area contributed by atoms with Gasteiger partial charge >= 0.3 is 0 Å². The van der Waals surface area contributed by atoms with Gasteiger partial charge in [-0.25, -0.2) is 0 Å². The Hall–Kier alpha value is -1.55. The Morgan fingerprint density at radius 2 is 2.29 bits per heavy atom. The zero-order valence-corrected chi connectivity index (χ0v) is 13.2. The van der Waals surface area contributed by atoms with E-state index in [1.165, 1.54) is 0 Å². The van der Waals surface area contributed by atoms with Crippen molar-refractivity contribution in [1.82, 2.24) is 10.6 Å². The fourth-order valence-electron chi connectivity index (χ4n) is 2.63. The van der Waals surface area contributed by atoms with Crippen molar-refractivity contribution in [1.29, 1.82) is 0 Å². The molecule has 2 rings (SSSR count). The first-order chi connectivity index (χ1) is 10.0. The third kappa shape index (κ3) is 5.05. The van der Waals surface area contributed by atoms with E-state index in [4.69, 9.17) is 4.74 Å². The monoisotopic (exact) mass is 290 g/mol. The molecule has 1 saturated heterocycles. The van der Waals surface area contributed by atoms with E-state index in [-0.39, 0.29) is 18.1 Å². The van der Waals surface area contributed by atoms with Crippen molar-refractivity contribution in [3.8, 4) is 5.75 Å². The van der Waals surface area contributed by atoms with Crippen molar-refractivity contribution in [2.75, 3.05) is 13.1 Å². The lowest BCUT2D eigenvalue weighted by atomic mass is 9.94. The summed E-state index contributed by atoms with van der Waals surface area (Å²) in [5.74, 6) is 1.44. The van der Waals surface area contributed by atoms with Gasteiger partial charge in [0, 0.05) is 12.6 Å². The highest BCUT2D eigenvalue weighted by atomic mass is 16.5. The van der Waals surface area contributed by atoms with Gasteiger partial charge in [0.05, 0.1) is 12.5 Å². The maximum absolute atomic E-state index is 12.2. The smallest absolute Gasteiger partial charge is 0.224 e. The number of carbonyl (C=O) groups excluding carboxylic acids is 1. The van der Waals surface area contributed by atoms with Crippen LogP contribution >= 0.6 is 0 Å². The topological polar surface area (TPSA) is 50.4 Å². The molecule has 1 aliphatic rings. The number of hydrogen-bond acceptors (Lipinski definition) is 3. The van der Waals surface area contributed by atoms with Crippen LogP contribution in [0.2, 0.25) is 0 Å². The standard InChI is InChI=1S/C17H26N2O2/c1-12(2)21-15-6-4-5-14(9-15)10-17(20)19-16-11-18-8-7-13(16)3/h4-6,9,12-13,16,18H,7-8,10-11H2,1-3H3,(H,19,20). The van der Waals surface area contributed by atoms with E-state index in [0.717, 1.165) is 30.8 Å². The molecule has 1 aliphatic heterocycles. The Balaban J connectivity index is 1.90. The minimum Gasteiger partial charge on any atom is -0.491 e. The highest BCUT2D eigenvalue weighted by Crippen LogP contribution is 2.16. The molecule has 1 aromatic carbocycles. The molecule has 1 amide bonds. The summed E-state index contributed by atoms with van der Waals surface area (Å²) in [5.41, 5.74) is 0.988. The van der Waals surface area contributed by atoms with Gasteiger partial charge in [0.25, 0.3) is 0 Å². The average molecular weight is 290 g/mol. The molecule has 0 saturated carbocycles. The number of benzene rings is 1. The molecule has 21 heavy (non-hydrogen) atoms. The van der Waals surface area contributed by atoms with E-state index in [9.17, 15) is 4.79 Å². The van der Waals surface area contributed by atoms with Gasteiger partial charge < -0.3 is 15.4 Å². The Morgan fingerprint density at radius 3 is 3.00 bits per heavy atom. The molecule has 4 nitrogen and oxygen atoms in total. The van der Waals surface area contributed by atoms with Gasteiger partial charge in [-0.15, -0.1) is 0 Å². The summed E-state index contributed by atoms with van der Waals surface area (Å²) in [4.78, 5) is 12.2. The Labute approximate surface area is 127 Å². The number of carbonyl (C=O) groups is 1. The van der Waals surface area contributed by atoms with Gasteiger partial charge in [-0.1, -0.05) is 19.1 Å². The van der Waals surface area contributed by atoms with Crippen LogP contribution in [0.1, 0.15) is 32.8 Å². The Bertz CT molecular complexity index is 474. The number of piperidine rings is 1. The third-order valence-electron chi connectivity index (χ3n) is 3.81. The maximum Gasteiger partial charge on any atom is 0.224 e. The molecule has 1 aromatic rings. The normalized spacial score (nSPS) is 22.1. The molecular formula is C17H26N2O2. The fraction of sp³-hybridized carbons (Fsp3) is 0.588. The molecule has 2 N–H and O–H groups in total. The van der Waals surface area contributed by atoms with Crippen molar-refractivity contribution < 1.29 is 9.53 Å². The number of hydrogen-bond donors (Lipinski definition) is 2. The van der Waals surface area contributed by atoms with Gasteiger partial charge in [0.2, 0.25) is 5.91 Å². The summed E-state index contributed by atoms with van der Waals surface area (Å²) < 4.78 is 5.66. The lowest BCUT2D eigenvalue weighted by Gasteiger charge is -2.30. The van der Waals surface area contributed by atoms with E-state index in [1.54, 1.807) is 0 Å². The molecule has 1 fully saturated rings. The van der Waals surface area contributed by atoms with Crippen molar-refractivity contribution in [2.45, 2.75) is 45.8 Å². The first kappa shape index (κ1) is 15.8. The minimum atomic E-state index is 0.0808. The second kappa shape index (κ2) is 7.46. The van der Waals surface area contributed by atoms with Crippen LogP contribution in [0.25, 0.3) is 0 Å². The van der Waals surface area contributed by atoms with Crippen molar-refractivity contribution >= 4 is 5.91 Å². The van der Waals surface area contributed by atoms with E-state index < -0.39 is 0 Å². The molecule has 0 radical (unpaired) electrons. The summed E-state index contributed by atoms with van der Waals surface area (Å²) in [6.45, 7) is 8.10. The van der Waals surface area contributed by atoms with Gasteiger partial charge in [-0.3, -0.25) is 4.79 Å². The van der Waals surface area contributed by atoms with E-state index in [1.807, 2.05) is 38.1 Å². The van der Waals surface area contributed by atoms with E-state index in [2.05, 4.69) is 17.6 Å². The van der Waals surface area contributed by atoms with Crippen LogP contribution in [-0.4, -0.2) is 31.1 Å². The highest BCUT2D eigenvalue weighted by Gasteiger charge is 2.22. The number of ether oxygens (including phenoxy) is 1. The van der Waals surface area contributed by atoms with Crippen LogP contribution in [0, 0.1) is 5.92 Å². The molecule has 2 unspecified atom stereocenters. The predicted octanol–water partition coefficient (Wildman–Crippen LogP) is 2.13. The summed E-state index contributed by atoms with van der Waals surface area (Å²) in [5, 5.41) is 6.47. The average Bonchev–Trinajstić information content (AvgIpc) is 2.41. The van der Waals surface area contributed by atoms with Crippen LogP contribution in [0.3, 0.4) is 0 Å². The zero-order valence-electron chi connectivity index (χ0n) is 13.2. The fourth-order valence-corrected chi connectivity index (χ4v) is 2.63. The maximum atomic E-state index is 12.2. The van der Waals surface area contributed by atoms with Crippen molar-refractivity contribution in [3.05, 3.63) is 29.8 Å². The summed E-state index contributed by atoms with van der Waals surface area (Å²) in [6.07, 6.45) is 1.66. The predicted molar refractivity (Wildman–Crippen MR) is 84.5 cm³/mol. The highest BCUT2D eigenvalue weighted by molar-refractivity contribution is 5.79. The third-order valence-corrected chi connectivity index (χ3v) is 3.81. The summed E-state index contributed by atoms with van der Waals surface area (Å²) >= 11 is 0. The molecule has 2 atom stereocenters. The summed E-state index contributed by atoms with van der Waals surface area (Å²) in [6, 6.07) is 8.01. The van der Waals surface area contributed by atoms with Gasteiger partial charge in [-0.05, 0) is 50.4 Å². The SMILES string of the molecule is CC(C)Oc1cccc(CC(=O)NC2CNCCC2C)c1. The van der Waals surface area contributed by atoms with Crippen LogP contribution in [0.5, 0.6) is 5.75 Å². The number of rotatable bonds is 5. The Kier molecular flexibility index (Phi) is 5.62. The van der Waals surface area contributed by atoms with Crippen molar-refractivity contribution in [2.24, 2.45) is 5.92 Å². The van der Waals surface area contributed by atoms with Crippen LogP contribution < -0.4 is 15.4 Å². The molecule has 116 valence electrons. The first-order valence-corrected chi connectivity index (χ1v) is 7.80. The number of amides is 1. The Morgan fingerprint density at radius 1 is 1.48 bits per heavy atom. The quantitative estimate of drug-likeness (QED) is 0.873.